The Morgan fingerprint density at radius 3 is 2.43 bits per heavy atom. The van der Waals surface area contributed by atoms with E-state index in [4.69, 9.17) is 16.3 Å². The van der Waals surface area contributed by atoms with Crippen molar-refractivity contribution in [1.82, 2.24) is 0 Å². The number of benzene rings is 3. The van der Waals surface area contributed by atoms with Crippen LogP contribution in [-0.2, 0) is 22.4 Å². The summed E-state index contributed by atoms with van der Waals surface area (Å²) in [5.74, 6) is -1.95. The van der Waals surface area contributed by atoms with Gasteiger partial charge >= 0.3 is 0 Å². The van der Waals surface area contributed by atoms with E-state index in [9.17, 15) is 19.8 Å². The first-order chi connectivity index (χ1) is 16.9. The van der Waals surface area contributed by atoms with Crippen molar-refractivity contribution >= 4 is 34.7 Å². The zero-order valence-electron chi connectivity index (χ0n) is 19.1. The molecule has 0 saturated carbocycles. The number of carbonyl (C=O) groups is 2. The topological polar surface area (TPSA) is 87.1 Å². The zero-order chi connectivity index (χ0) is 24.7. The van der Waals surface area contributed by atoms with E-state index in [0.29, 0.717) is 16.8 Å². The number of carbonyl (C=O) groups excluding carboxylic acids is 2. The Bertz CT molecular complexity index is 1370. The SMILES string of the molecule is COc1cc(C2/C(=C(/O)c3ccc4c(c3)CCCC4)C(=O)C(=O)N2c2ccccc2)cc(Cl)c1O. The van der Waals surface area contributed by atoms with Gasteiger partial charge in [-0.05, 0) is 72.7 Å². The van der Waals surface area contributed by atoms with Crippen LogP contribution in [0.1, 0.15) is 41.1 Å². The summed E-state index contributed by atoms with van der Waals surface area (Å²) in [4.78, 5) is 28.0. The summed E-state index contributed by atoms with van der Waals surface area (Å²) in [6, 6.07) is 16.5. The van der Waals surface area contributed by atoms with Crippen molar-refractivity contribution in [3.63, 3.8) is 0 Å². The van der Waals surface area contributed by atoms with E-state index in [1.807, 2.05) is 18.2 Å². The van der Waals surface area contributed by atoms with E-state index in [0.717, 1.165) is 31.2 Å². The van der Waals surface area contributed by atoms with Gasteiger partial charge in [-0.1, -0.05) is 41.9 Å². The molecule has 6 nitrogen and oxygen atoms in total. The molecule has 0 bridgehead atoms. The number of aliphatic hydroxyl groups is 1. The standard InChI is InChI=1S/C28H24ClNO5/c1-35-22-15-19(14-21(29)26(22)32)24-23(27(33)28(34)30(24)20-9-3-2-4-10-20)25(31)18-12-11-16-7-5-6-8-17(16)13-18/h2-4,9-15,24,31-32H,5-8H2,1H3/b25-23-. The van der Waals surface area contributed by atoms with Gasteiger partial charge in [-0.15, -0.1) is 0 Å². The number of amides is 1. The smallest absolute Gasteiger partial charge is 0.300 e. The number of nitrogens with zero attached hydrogens (tertiary/aromatic N) is 1. The molecule has 7 heteroatoms. The number of ether oxygens (including phenoxy) is 1. The third-order valence-electron chi connectivity index (χ3n) is 6.69. The van der Waals surface area contributed by atoms with Crippen LogP contribution in [0.15, 0.2) is 66.2 Å². The minimum Gasteiger partial charge on any atom is -0.507 e. The van der Waals surface area contributed by atoms with Crippen molar-refractivity contribution in [2.24, 2.45) is 0 Å². The van der Waals surface area contributed by atoms with Crippen LogP contribution in [0.4, 0.5) is 5.69 Å². The number of phenolic OH excluding ortho intramolecular Hbond substituents is 1. The second-order valence-electron chi connectivity index (χ2n) is 8.75. The number of para-hydroxylation sites is 1. The molecule has 35 heavy (non-hydrogen) atoms. The molecule has 1 aliphatic heterocycles. The van der Waals surface area contributed by atoms with E-state index in [-0.39, 0.29) is 27.9 Å². The molecule has 1 amide bonds. The maximum atomic E-state index is 13.4. The fourth-order valence-corrected chi connectivity index (χ4v) is 5.17. The van der Waals surface area contributed by atoms with Gasteiger partial charge in [0.05, 0.1) is 23.7 Å². The van der Waals surface area contributed by atoms with Gasteiger partial charge in [0.1, 0.15) is 5.76 Å². The van der Waals surface area contributed by atoms with Gasteiger partial charge in [0, 0.05) is 11.3 Å². The molecule has 0 aromatic heterocycles. The minimum absolute atomic E-state index is 0.00628. The Morgan fingerprint density at radius 1 is 1.00 bits per heavy atom. The minimum atomic E-state index is -0.972. The van der Waals surface area contributed by atoms with Crippen molar-refractivity contribution in [2.75, 3.05) is 12.0 Å². The second kappa shape index (κ2) is 9.12. The number of anilines is 1. The monoisotopic (exact) mass is 489 g/mol. The average Bonchev–Trinajstić information content (AvgIpc) is 3.15. The summed E-state index contributed by atoms with van der Waals surface area (Å²) in [7, 11) is 1.39. The fraction of sp³-hybridized carbons (Fsp3) is 0.214. The molecule has 1 saturated heterocycles. The second-order valence-corrected chi connectivity index (χ2v) is 9.16. The van der Waals surface area contributed by atoms with Gasteiger partial charge in [0.2, 0.25) is 0 Å². The Labute approximate surface area is 208 Å². The molecule has 2 N–H and O–H groups in total. The third kappa shape index (κ3) is 3.94. The highest BCUT2D eigenvalue weighted by atomic mass is 35.5. The van der Waals surface area contributed by atoms with Crippen LogP contribution in [0, 0.1) is 0 Å². The number of methoxy groups -OCH3 is 1. The largest absolute Gasteiger partial charge is 0.507 e. The van der Waals surface area contributed by atoms with Crippen molar-refractivity contribution in [2.45, 2.75) is 31.7 Å². The molecule has 1 atom stereocenters. The summed E-state index contributed by atoms with van der Waals surface area (Å²) in [5.41, 5.74) is 3.74. The predicted octanol–water partition coefficient (Wildman–Crippen LogP) is 5.56. The number of halogens is 1. The van der Waals surface area contributed by atoms with E-state index in [2.05, 4.69) is 0 Å². The summed E-state index contributed by atoms with van der Waals surface area (Å²) < 4.78 is 5.26. The van der Waals surface area contributed by atoms with E-state index < -0.39 is 17.7 Å². The van der Waals surface area contributed by atoms with Gasteiger partial charge in [-0.3, -0.25) is 14.5 Å². The fourth-order valence-electron chi connectivity index (χ4n) is 4.95. The quantitative estimate of drug-likeness (QED) is 0.284. The number of aliphatic hydroxyl groups excluding tert-OH is 1. The van der Waals surface area contributed by atoms with Gasteiger partial charge in [0.15, 0.2) is 11.5 Å². The lowest BCUT2D eigenvalue weighted by Crippen LogP contribution is -2.29. The lowest BCUT2D eigenvalue weighted by molar-refractivity contribution is -0.132. The van der Waals surface area contributed by atoms with E-state index in [1.165, 1.54) is 29.7 Å². The van der Waals surface area contributed by atoms with Crippen LogP contribution < -0.4 is 9.64 Å². The molecule has 5 rings (SSSR count). The average molecular weight is 490 g/mol. The molecule has 2 aliphatic rings. The number of phenols is 1. The van der Waals surface area contributed by atoms with Crippen LogP contribution in [0.2, 0.25) is 5.02 Å². The van der Waals surface area contributed by atoms with E-state index in [1.54, 1.807) is 30.3 Å². The molecule has 0 radical (unpaired) electrons. The van der Waals surface area contributed by atoms with Crippen LogP contribution in [-0.4, -0.2) is 29.0 Å². The maximum Gasteiger partial charge on any atom is 0.300 e. The molecule has 3 aromatic carbocycles. The highest BCUT2D eigenvalue weighted by molar-refractivity contribution is 6.51. The number of rotatable bonds is 4. The molecular formula is C28H24ClNO5. The Morgan fingerprint density at radius 2 is 1.71 bits per heavy atom. The molecule has 178 valence electrons. The van der Waals surface area contributed by atoms with Crippen LogP contribution in [0.3, 0.4) is 0 Å². The highest BCUT2D eigenvalue weighted by Gasteiger charge is 2.47. The number of Topliss-reactive ketones (excluding diaryl/α,β-unsaturated/α-hetero) is 1. The van der Waals surface area contributed by atoms with Crippen molar-refractivity contribution in [3.8, 4) is 11.5 Å². The Hall–Kier alpha value is -3.77. The molecule has 0 spiro atoms. The van der Waals surface area contributed by atoms with Crippen LogP contribution in [0.25, 0.3) is 5.76 Å². The van der Waals surface area contributed by atoms with Gasteiger partial charge in [-0.2, -0.15) is 0 Å². The van der Waals surface area contributed by atoms with E-state index >= 15 is 0 Å². The Balaban J connectivity index is 1.73. The molecular weight excluding hydrogens is 466 g/mol. The lowest BCUT2D eigenvalue weighted by Gasteiger charge is -2.26. The van der Waals surface area contributed by atoms with Crippen molar-refractivity contribution < 1.29 is 24.5 Å². The highest BCUT2D eigenvalue weighted by Crippen LogP contribution is 2.46. The number of aryl methyl sites for hydroxylation is 2. The molecule has 1 unspecified atom stereocenters. The van der Waals surface area contributed by atoms with Gasteiger partial charge in [-0.25, -0.2) is 0 Å². The number of hydrogen-bond acceptors (Lipinski definition) is 5. The summed E-state index contributed by atoms with van der Waals surface area (Å²) >= 11 is 6.27. The normalized spacial score (nSPS) is 19.0. The number of ketones is 1. The van der Waals surface area contributed by atoms with Crippen molar-refractivity contribution in [3.05, 3.63) is 93.5 Å². The molecule has 1 aliphatic carbocycles. The molecule has 1 fully saturated rings. The first kappa shape index (κ1) is 23.0. The summed E-state index contributed by atoms with van der Waals surface area (Å²) in [6.07, 6.45) is 4.09. The number of aromatic hydroxyl groups is 1. The molecule has 3 aromatic rings. The number of fused-ring (bicyclic) bond motifs is 1. The van der Waals surface area contributed by atoms with Gasteiger partial charge < -0.3 is 14.9 Å². The summed E-state index contributed by atoms with van der Waals surface area (Å²) in [6.45, 7) is 0. The van der Waals surface area contributed by atoms with Crippen LogP contribution in [0.5, 0.6) is 11.5 Å². The lowest BCUT2D eigenvalue weighted by atomic mass is 9.88. The van der Waals surface area contributed by atoms with Crippen molar-refractivity contribution in [1.29, 1.82) is 0 Å². The Kier molecular flexibility index (Phi) is 5.99. The van der Waals surface area contributed by atoms with Crippen LogP contribution >= 0.6 is 11.6 Å². The zero-order valence-corrected chi connectivity index (χ0v) is 19.9. The maximum absolute atomic E-state index is 13.4. The number of hydrogen-bond donors (Lipinski definition) is 2. The molecule has 1 heterocycles. The first-order valence-corrected chi connectivity index (χ1v) is 11.8. The summed E-state index contributed by atoms with van der Waals surface area (Å²) in [5, 5.41) is 21.7. The van der Waals surface area contributed by atoms with Gasteiger partial charge in [0.25, 0.3) is 11.7 Å². The predicted molar refractivity (Wildman–Crippen MR) is 134 cm³/mol. The first-order valence-electron chi connectivity index (χ1n) is 11.5. The third-order valence-corrected chi connectivity index (χ3v) is 6.98.